The molecule has 1 aliphatic heterocycles. The molecule has 32 heavy (non-hydrogen) atoms. The highest BCUT2D eigenvalue weighted by Crippen LogP contribution is 2.42. The summed E-state index contributed by atoms with van der Waals surface area (Å²) in [6.07, 6.45) is 0. The molecule has 8 nitrogen and oxygen atoms in total. The van der Waals surface area contributed by atoms with Crippen LogP contribution >= 0.6 is 0 Å². The Bertz CT molecular complexity index is 1230. The van der Waals surface area contributed by atoms with Crippen molar-refractivity contribution in [3.63, 3.8) is 0 Å². The van der Waals surface area contributed by atoms with Gasteiger partial charge in [0.05, 0.1) is 38.3 Å². The van der Waals surface area contributed by atoms with Crippen molar-refractivity contribution in [3.8, 4) is 17.2 Å². The van der Waals surface area contributed by atoms with Gasteiger partial charge < -0.3 is 28.4 Å². The topological polar surface area (TPSA) is 81.4 Å². The first-order valence-electron chi connectivity index (χ1n) is 10.2. The highest BCUT2D eigenvalue weighted by Gasteiger charge is 2.43. The Hall–Kier alpha value is -3.52. The molecule has 0 radical (unpaired) electrons. The molecule has 0 bridgehead atoms. The number of amides is 1. The van der Waals surface area contributed by atoms with Gasteiger partial charge in [-0.2, -0.15) is 0 Å². The normalized spacial score (nSPS) is 15.4. The third-order valence-electron chi connectivity index (χ3n) is 5.69. The lowest BCUT2D eigenvalue weighted by atomic mass is 9.97. The van der Waals surface area contributed by atoms with Crippen molar-refractivity contribution in [3.05, 3.63) is 63.5 Å². The van der Waals surface area contributed by atoms with Crippen LogP contribution in [0.3, 0.4) is 0 Å². The zero-order valence-electron chi connectivity index (χ0n) is 18.8. The monoisotopic (exact) mass is 438 g/mol. The van der Waals surface area contributed by atoms with Crippen molar-refractivity contribution in [1.82, 2.24) is 9.80 Å². The van der Waals surface area contributed by atoms with E-state index in [2.05, 4.69) is 0 Å². The van der Waals surface area contributed by atoms with Gasteiger partial charge >= 0.3 is 0 Å². The average molecular weight is 438 g/mol. The number of nitrogens with zero attached hydrogens (tertiary/aromatic N) is 2. The minimum absolute atomic E-state index is 0.0457. The van der Waals surface area contributed by atoms with Crippen molar-refractivity contribution < 1.29 is 23.4 Å². The molecule has 4 rings (SSSR count). The summed E-state index contributed by atoms with van der Waals surface area (Å²) in [7, 11) is 8.52. The summed E-state index contributed by atoms with van der Waals surface area (Å²) < 4.78 is 22.2. The molecule has 0 spiro atoms. The summed E-state index contributed by atoms with van der Waals surface area (Å²) in [4.78, 5) is 30.7. The smallest absolute Gasteiger partial charge is 0.290 e. The molecule has 1 aromatic heterocycles. The first-order valence-corrected chi connectivity index (χ1v) is 10.2. The highest BCUT2D eigenvalue weighted by atomic mass is 16.5. The van der Waals surface area contributed by atoms with Gasteiger partial charge in [0.1, 0.15) is 22.8 Å². The first kappa shape index (κ1) is 21.7. The number of likely N-dealkylation sites (N-methyl/N-ethyl adjacent to an activating group) is 1. The van der Waals surface area contributed by atoms with Crippen LogP contribution in [0.15, 0.2) is 45.6 Å². The van der Waals surface area contributed by atoms with Crippen LogP contribution < -0.4 is 19.6 Å². The van der Waals surface area contributed by atoms with Gasteiger partial charge in [0.2, 0.25) is 5.76 Å². The Morgan fingerprint density at radius 3 is 2.31 bits per heavy atom. The van der Waals surface area contributed by atoms with Gasteiger partial charge in [0, 0.05) is 24.7 Å². The maximum absolute atomic E-state index is 13.6. The number of carbonyl (C=O) groups excluding carboxylic acids is 1. The molecular weight excluding hydrogens is 412 g/mol. The number of benzene rings is 2. The van der Waals surface area contributed by atoms with E-state index in [9.17, 15) is 9.59 Å². The number of ether oxygens (including phenoxy) is 3. The Morgan fingerprint density at radius 1 is 0.969 bits per heavy atom. The predicted octanol–water partition coefficient (Wildman–Crippen LogP) is 2.93. The van der Waals surface area contributed by atoms with E-state index < -0.39 is 6.04 Å². The SMILES string of the molecule is COc1ccc(OC)c([C@@H]2c3c(oc4cc(OC)ccc4c3=O)C(=O)N2CCN(C)C)c1. The largest absolute Gasteiger partial charge is 0.497 e. The third-order valence-corrected chi connectivity index (χ3v) is 5.69. The van der Waals surface area contributed by atoms with Gasteiger partial charge in [-0.25, -0.2) is 0 Å². The maximum Gasteiger partial charge on any atom is 0.290 e. The zero-order valence-corrected chi connectivity index (χ0v) is 18.8. The zero-order chi connectivity index (χ0) is 23.0. The van der Waals surface area contributed by atoms with E-state index in [1.807, 2.05) is 19.0 Å². The van der Waals surface area contributed by atoms with Crippen LogP contribution in [0.4, 0.5) is 0 Å². The Balaban J connectivity index is 1.98. The van der Waals surface area contributed by atoms with E-state index >= 15 is 0 Å². The van der Waals surface area contributed by atoms with Gasteiger partial charge in [-0.3, -0.25) is 9.59 Å². The summed E-state index contributed by atoms with van der Waals surface area (Å²) in [5.41, 5.74) is 1.03. The summed E-state index contributed by atoms with van der Waals surface area (Å²) in [6.45, 7) is 1.02. The van der Waals surface area contributed by atoms with Crippen molar-refractivity contribution in [2.75, 3.05) is 48.5 Å². The van der Waals surface area contributed by atoms with Crippen molar-refractivity contribution in [2.24, 2.45) is 0 Å². The molecule has 3 aromatic rings. The lowest BCUT2D eigenvalue weighted by molar-refractivity contribution is 0.0715. The van der Waals surface area contributed by atoms with Crippen LogP contribution in [-0.2, 0) is 0 Å². The van der Waals surface area contributed by atoms with Crippen molar-refractivity contribution in [1.29, 1.82) is 0 Å². The minimum Gasteiger partial charge on any atom is -0.497 e. The second-order valence-electron chi connectivity index (χ2n) is 7.85. The van der Waals surface area contributed by atoms with E-state index in [4.69, 9.17) is 18.6 Å². The minimum atomic E-state index is -0.662. The second kappa shape index (κ2) is 8.55. The summed E-state index contributed by atoms with van der Waals surface area (Å²) in [5.74, 6) is 1.41. The van der Waals surface area contributed by atoms with Gasteiger partial charge in [-0.15, -0.1) is 0 Å². The van der Waals surface area contributed by atoms with Crippen molar-refractivity contribution >= 4 is 16.9 Å². The van der Waals surface area contributed by atoms with Crippen LogP contribution in [0.1, 0.15) is 27.7 Å². The van der Waals surface area contributed by atoms with E-state index in [-0.39, 0.29) is 17.1 Å². The third kappa shape index (κ3) is 3.56. The molecule has 1 atom stereocenters. The Labute approximate surface area is 185 Å². The molecule has 168 valence electrons. The van der Waals surface area contributed by atoms with Crippen LogP contribution in [-0.4, -0.2) is 64.2 Å². The van der Waals surface area contributed by atoms with E-state index in [0.717, 1.165) is 0 Å². The van der Waals surface area contributed by atoms with E-state index in [1.54, 1.807) is 55.5 Å². The summed E-state index contributed by atoms with van der Waals surface area (Å²) in [5, 5.41) is 0.388. The van der Waals surface area contributed by atoms with Gasteiger partial charge in [0.15, 0.2) is 5.43 Å². The van der Waals surface area contributed by atoms with Gasteiger partial charge in [-0.1, -0.05) is 0 Å². The number of fused-ring (bicyclic) bond motifs is 2. The average Bonchev–Trinajstić information content (AvgIpc) is 3.08. The molecule has 0 N–H and O–H groups in total. The molecule has 2 aromatic carbocycles. The number of methoxy groups -OCH3 is 3. The van der Waals surface area contributed by atoms with Gasteiger partial charge in [-0.05, 0) is 44.4 Å². The van der Waals surface area contributed by atoms with Crippen LogP contribution in [0, 0.1) is 0 Å². The fraction of sp³-hybridized carbons (Fsp3) is 0.333. The second-order valence-corrected chi connectivity index (χ2v) is 7.85. The molecule has 0 saturated carbocycles. The Kier molecular flexibility index (Phi) is 5.80. The molecule has 1 amide bonds. The number of hydrogen-bond donors (Lipinski definition) is 0. The van der Waals surface area contributed by atoms with Crippen LogP contribution in [0.25, 0.3) is 11.0 Å². The molecule has 0 unspecified atom stereocenters. The molecular formula is C24H26N2O6. The number of carbonyl (C=O) groups is 1. The molecule has 0 fully saturated rings. The first-order chi connectivity index (χ1) is 15.4. The Morgan fingerprint density at radius 2 is 1.66 bits per heavy atom. The molecule has 1 aliphatic rings. The quantitative estimate of drug-likeness (QED) is 0.561. The molecule has 0 saturated heterocycles. The lowest BCUT2D eigenvalue weighted by Gasteiger charge is -2.27. The highest BCUT2D eigenvalue weighted by molar-refractivity contribution is 5.99. The number of hydrogen-bond acceptors (Lipinski definition) is 7. The van der Waals surface area contributed by atoms with Gasteiger partial charge in [0.25, 0.3) is 5.91 Å². The molecule has 0 aliphatic carbocycles. The fourth-order valence-electron chi connectivity index (χ4n) is 4.04. The summed E-state index contributed by atoms with van der Waals surface area (Å²) in [6, 6.07) is 9.67. The van der Waals surface area contributed by atoms with Crippen LogP contribution in [0.2, 0.25) is 0 Å². The molecule has 2 heterocycles. The number of rotatable bonds is 7. The predicted molar refractivity (Wildman–Crippen MR) is 120 cm³/mol. The van der Waals surface area contributed by atoms with E-state index in [1.165, 1.54) is 7.11 Å². The summed E-state index contributed by atoms with van der Waals surface area (Å²) >= 11 is 0. The fourth-order valence-corrected chi connectivity index (χ4v) is 4.04. The standard InChI is InChI=1S/C24H26N2O6/c1-25(2)10-11-26-21(17-12-14(29-3)7-9-18(17)31-5)20-22(27)16-8-6-15(30-4)13-19(16)32-23(20)24(26)28/h6-9,12-13,21H,10-11H2,1-5H3/t21-/m1/s1. The maximum atomic E-state index is 13.6. The van der Waals surface area contributed by atoms with Crippen LogP contribution in [0.5, 0.6) is 17.2 Å². The van der Waals surface area contributed by atoms with Crippen molar-refractivity contribution in [2.45, 2.75) is 6.04 Å². The van der Waals surface area contributed by atoms with E-state index in [0.29, 0.717) is 52.4 Å². The molecule has 8 heteroatoms. The lowest BCUT2D eigenvalue weighted by Crippen LogP contribution is -2.35.